The fraction of sp³-hybridized carbons (Fsp3) is 0.938. The molecule has 0 saturated carbocycles. The summed E-state index contributed by atoms with van der Waals surface area (Å²) in [5.74, 6) is -1.94. The fourth-order valence-corrected chi connectivity index (χ4v) is 2.62. The normalized spacial score (nSPS) is 15.0. The van der Waals surface area contributed by atoms with Crippen molar-refractivity contribution in [2.75, 3.05) is 21.3 Å². The van der Waals surface area contributed by atoms with Crippen LogP contribution in [0.15, 0.2) is 0 Å². The van der Waals surface area contributed by atoms with E-state index < -0.39 is 17.9 Å². The average molecular weight is 303 g/mol. The first kappa shape index (κ1) is 20.5. The molecule has 0 aromatic rings. The number of hydrogen-bond donors (Lipinski definition) is 1. The molecule has 5 nitrogen and oxygen atoms in total. The number of rotatable bonds is 13. The van der Waals surface area contributed by atoms with E-state index in [1.54, 1.807) is 6.92 Å². The molecule has 0 aliphatic rings. The molecule has 0 spiro atoms. The summed E-state index contributed by atoms with van der Waals surface area (Å²) in [6, 6.07) is -0.560. The van der Waals surface area contributed by atoms with E-state index in [1.807, 2.05) is 0 Å². The van der Waals surface area contributed by atoms with E-state index in [2.05, 4.69) is 6.92 Å². The van der Waals surface area contributed by atoms with Gasteiger partial charge in [0, 0.05) is 21.3 Å². The van der Waals surface area contributed by atoms with E-state index in [-0.39, 0.29) is 5.78 Å². The first-order chi connectivity index (χ1) is 9.98. The van der Waals surface area contributed by atoms with Gasteiger partial charge in [0.25, 0.3) is 5.97 Å². The molecule has 0 saturated heterocycles. The van der Waals surface area contributed by atoms with E-state index in [0.717, 1.165) is 12.8 Å². The maximum Gasteiger partial charge on any atom is 0.292 e. The summed E-state index contributed by atoms with van der Waals surface area (Å²) in [5.41, 5.74) is 5.75. The third kappa shape index (κ3) is 6.43. The second kappa shape index (κ2) is 11.1. The van der Waals surface area contributed by atoms with Gasteiger partial charge in [0.15, 0.2) is 5.78 Å². The number of hydrogen-bond acceptors (Lipinski definition) is 5. The van der Waals surface area contributed by atoms with Crippen LogP contribution in [-0.2, 0) is 19.0 Å². The Labute approximate surface area is 129 Å². The van der Waals surface area contributed by atoms with Crippen LogP contribution in [0.5, 0.6) is 0 Å². The highest BCUT2D eigenvalue weighted by atomic mass is 16.9. The first-order valence-electron chi connectivity index (χ1n) is 7.93. The van der Waals surface area contributed by atoms with E-state index in [1.165, 1.54) is 47.0 Å². The lowest BCUT2D eigenvalue weighted by Gasteiger charge is -2.36. The van der Waals surface area contributed by atoms with Crippen LogP contribution < -0.4 is 5.73 Å². The van der Waals surface area contributed by atoms with Crippen LogP contribution in [0.2, 0.25) is 0 Å². The number of ketones is 1. The SMILES string of the molecule is CCCCCCCCC(C(=O)[C@H](C)N)C(OC)(OC)OC. The average Bonchev–Trinajstić information content (AvgIpc) is 2.49. The highest BCUT2D eigenvalue weighted by Crippen LogP contribution is 2.30. The van der Waals surface area contributed by atoms with Crippen LogP contribution >= 0.6 is 0 Å². The Balaban J connectivity index is 4.64. The third-order valence-corrected chi connectivity index (χ3v) is 3.92. The van der Waals surface area contributed by atoms with Crippen molar-refractivity contribution in [2.45, 2.75) is 70.8 Å². The van der Waals surface area contributed by atoms with E-state index in [9.17, 15) is 4.79 Å². The van der Waals surface area contributed by atoms with Crippen molar-refractivity contribution >= 4 is 5.78 Å². The summed E-state index contributed by atoms with van der Waals surface area (Å²) in [4.78, 5) is 12.4. The molecule has 0 aliphatic carbocycles. The van der Waals surface area contributed by atoms with Gasteiger partial charge in [-0.05, 0) is 13.3 Å². The second-order valence-electron chi connectivity index (χ2n) is 5.52. The third-order valence-electron chi connectivity index (χ3n) is 3.92. The number of unbranched alkanes of at least 4 members (excludes halogenated alkanes) is 5. The van der Waals surface area contributed by atoms with Crippen molar-refractivity contribution < 1.29 is 19.0 Å². The highest BCUT2D eigenvalue weighted by Gasteiger charge is 2.45. The fourth-order valence-electron chi connectivity index (χ4n) is 2.62. The zero-order valence-electron chi connectivity index (χ0n) is 14.3. The zero-order valence-corrected chi connectivity index (χ0v) is 14.3. The maximum atomic E-state index is 12.4. The van der Waals surface area contributed by atoms with Gasteiger partial charge in [0.05, 0.1) is 6.04 Å². The lowest BCUT2D eigenvalue weighted by Crippen LogP contribution is -2.51. The van der Waals surface area contributed by atoms with Gasteiger partial charge in [0.1, 0.15) is 5.92 Å². The number of nitrogens with two attached hydrogens (primary N) is 1. The molecule has 1 unspecified atom stereocenters. The Morgan fingerprint density at radius 2 is 1.48 bits per heavy atom. The minimum atomic E-state index is -1.34. The molecule has 0 heterocycles. The van der Waals surface area contributed by atoms with Crippen molar-refractivity contribution in [2.24, 2.45) is 11.7 Å². The molecule has 0 aliphatic heterocycles. The quantitative estimate of drug-likeness (QED) is 0.418. The second-order valence-corrected chi connectivity index (χ2v) is 5.52. The topological polar surface area (TPSA) is 70.8 Å². The number of methoxy groups -OCH3 is 3. The van der Waals surface area contributed by atoms with Crippen LogP contribution in [0.3, 0.4) is 0 Å². The molecule has 126 valence electrons. The number of carbonyl (C=O) groups is 1. The lowest BCUT2D eigenvalue weighted by atomic mass is 9.90. The van der Waals surface area contributed by atoms with Gasteiger partial charge in [-0.25, -0.2) is 0 Å². The summed E-state index contributed by atoms with van der Waals surface area (Å²) < 4.78 is 16.0. The molecule has 0 aromatic carbocycles. The van der Waals surface area contributed by atoms with Gasteiger partial charge in [-0.15, -0.1) is 0 Å². The zero-order chi connectivity index (χ0) is 16.3. The van der Waals surface area contributed by atoms with Crippen LogP contribution in [0.1, 0.15) is 58.8 Å². The monoisotopic (exact) mass is 303 g/mol. The molecule has 0 radical (unpaired) electrons. The summed E-state index contributed by atoms with van der Waals surface area (Å²) in [5, 5.41) is 0. The molecule has 5 heteroatoms. The van der Waals surface area contributed by atoms with E-state index in [0.29, 0.717) is 6.42 Å². The van der Waals surface area contributed by atoms with Crippen molar-refractivity contribution in [1.29, 1.82) is 0 Å². The van der Waals surface area contributed by atoms with Crippen molar-refractivity contribution in [3.05, 3.63) is 0 Å². The van der Waals surface area contributed by atoms with Gasteiger partial charge in [-0.2, -0.15) is 0 Å². The van der Waals surface area contributed by atoms with Crippen molar-refractivity contribution in [3.63, 3.8) is 0 Å². The summed E-state index contributed by atoms with van der Waals surface area (Å²) >= 11 is 0. The Bertz CT molecular complexity index is 269. The molecule has 0 amide bonds. The van der Waals surface area contributed by atoms with E-state index in [4.69, 9.17) is 19.9 Å². The maximum absolute atomic E-state index is 12.4. The standard InChI is InChI=1S/C16H33NO4/c1-6-7-8-9-10-11-12-14(15(18)13(2)17)16(19-3,20-4)21-5/h13-14H,6-12,17H2,1-5H3/t13-,14?/m0/s1. The molecule has 0 rings (SSSR count). The first-order valence-corrected chi connectivity index (χ1v) is 7.93. The smallest absolute Gasteiger partial charge is 0.292 e. The van der Waals surface area contributed by atoms with Crippen LogP contribution in [-0.4, -0.2) is 39.1 Å². The molecule has 0 fully saturated rings. The van der Waals surface area contributed by atoms with Gasteiger partial charge < -0.3 is 19.9 Å². The van der Waals surface area contributed by atoms with Crippen LogP contribution in [0, 0.1) is 5.92 Å². The van der Waals surface area contributed by atoms with Crippen LogP contribution in [0.4, 0.5) is 0 Å². The van der Waals surface area contributed by atoms with E-state index >= 15 is 0 Å². The molecule has 21 heavy (non-hydrogen) atoms. The largest absolute Gasteiger partial charge is 0.330 e. The van der Waals surface area contributed by atoms with Crippen LogP contribution in [0.25, 0.3) is 0 Å². The summed E-state index contributed by atoms with van der Waals surface area (Å²) in [6.07, 6.45) is 7.61. The van der Waals surface area contributed by atoms with Gasteiger partial charge in [-0.1, -0.05) is 45.4 Å². The Morgan fingerprint density at radius 3 is 1.90 bits per heavy atom. The molecule has 2 atom stereocenters. The Hall–Kier alpha value is -0.490. The predicted molar refractivity (Wildman–Crippen MR) is 83.9 cm³/mol. The van der Waals surface area contributed by atoms with Gasteiger partial charge in [0.2, 0.25) is 0 Å². The van der Waals surface area contributed by atoms with Gasteiger partial charge >= 0.3 is 0 Å². The number of ether oxygens (including phenoxy) is 3. The number of Topliss-reactive ketones (excluding diaryl/α,β-unsaturated/α-hetero) is 1. The Morgan fingerprint density at radius 1 is 1.00 bits per heavy atom. The highest BCUT2D eigenvalue weighted by molar-refractivity contribution is 5.86. The predicted octanol–water partition coefficient (Wildman–Crippen LogP) is 2.86. The summed E-state index contributed by atoms with van der Waals surface area (Å²) in [6.45, 7) is 3.88. The molecular formula is C16H33NO4. The number of carbonyl (C=O) groups excluding carboxylic acids is 1. The molecule has 2 N–H and O–H groups in total. The molecular weight excluding hydrogens is 270 g/mol. The molecule has 0 bridgehead atoms. The molecule has 0 aromatic heterocycles. The summed E-state index contributed by atoms with van der Waals surface area (Å²) in [7, 11) is 4.45. The minimum Gasteiger partial charge on any atom is -0.330 e. The van der Waals surface area contributed by atoms with Gasteiger partial charge in [-0.3, -0.25) is 4.79 Å². The lowest BCUT2D eigenvalue weighted by molar-refractivity contribution is -0.372. The Kier molecular flexibility index (Phi) is 10.9. The van der Waals surface area contributed by atoms with Crippen molar-refractivity contribution in [1.82, 2.24) is 0 Å². The van der Waals surface area contributed by atoms with Crippen molar-refractivity contribution in [3.8, 4) is 0 Å². The minimum absolute atomic E-state index is 0.0888.